The Bertz CT molecular complexity index is 1960. The van der Waals surface area contributed by atoms with Gasteiger partial charge < -0.3 is 21.3 Å². The van der Waals surface area contributed by atoms with Crippen molar-refractivity contribution in [2.24, 2.45) is 0 Å². The number of aromatic nitrogens is 2. The molecule has 2 aliphatic rings. The van der Waals surface area contributed by atoms with E-state index in [0.717, 1.165) is 17.7 Å². The molecule has 3 aromatic carbocycles. The maximum atomic E-state index is 13.3. The largest absolute Gasteiger partial charge is 0.416 e. The van der Waals surface area contributed by atoms with Crippen LogP contribution in [0.15, 0.2) is 77.8 Å². The number of hydrogen-bond acceptors (Lipinski definition) is 8. The first kappa shape index (κ1) is 31.9. The van der Waals surface area contributed by atoms with Crippen molar-refractivity contribution in [1.29, 1.82) is 0 Å². The van der Waals surface area contributed by atoms with Gasteiger partial charge in [0.1, 0.15) is 5.82 Å². The van der Waals surface area contributed by atoms with Gasteiger partial charge in [-0.2, -0.15) is 18.2 Å². The molecule has 0 radical (unpaired) electrons. The quantitative estimate of drug-likeness (QED) is 0.184. The number of nitrogens with one attached hydrogen (secondary N) is 5. The number of amides is 2. The van der Waals surface area contributed by atoms with Crippen molar-refractivity contribution >= 4 is 50.7 Å². The number of benzene rings is 3. The summed E-state index contributed by atoms with van der Waals surface area (Å²) in [6.07, 6.45) is -1.57. The number of halogens is 3. The third-order valence-electron chi connectivity index (χ3n) is 7.90. The molecule has 0 atom stereocenters. The SMILES string of the molecule is CC(=O)Nc1cc2cc(c1)S(=O)(=O)NCCCNc1nc(ncc1-c1ccc(NC(=O)C3(c4cccc(C(F)(F)F)c4)CC3)cc1)N2. The lowest BCUT2D eigenvalue weighted by atomic mass is 9.93. The molecule has 0 spiro atoms. The maximum Gasteiger partial charge on any atom is 0.416 e. The second-order valence-electron chi connectivity index (χ2n) is 11.4. The highest BCUT2D eigenvalue weighted by Gasteiger charge is 2.51. The predicted molar refractivity (Wildman–Crippen MR) is 171 cm³/mol. The molecular weight excluding hydrogens is 635 g/mol. The lowest BCUT2D eigenvalue weighted by molar-refractivity contribution is -0.137. The summed E-state index contributed by atoms with van der Waals surface area (Å²) in [5, 5.41) is 11.7. The fourth-order valence-electron chi connectivity index (χ4n) is 5.35. The predicted octanol–water partition coefficient (Wildman–Crippen LogP) is 5.63. The molecule has 2 amide bonds. The topological polar surface area (TPSA) is 154 Å². The summed E-state index contributed by atoms with van der Waals surface area (Å²) in [5.74, 6) is -0.0812. The van der Waals surface area contributed by atoms with E-state index in [0.29, 0.717) is 54.1 Å². The average Bonchev–Trinajstić information content (AvgIpc) is 3.83. The molecule has 0 saturated heterocycles. The molecule has 1 fully saturated rings. The Labute approximate surface area is 268 Å². The minimum atomic E-state index is -4.50. The van der Waals surface area contributed by atoms with E-state index in [1.54, 1.807) is 42.6 Å². The molecule has 0 unspecified atom stereocenters. The molecule has 4 aromatic rings. The summed E-state index contributed by atoms with van der Waals surface area (Å²) in [6.45, 7) is 1.85. The maximum absolute atomic E-state index is 13.3. The van der Waals surface area contributed by atoms with Gasteiger partial charge >= 0.3 is 6.18 Å². The van der Waals surface area contributed by atoms with E-state index in [9.17, 15) is 31.2 Å². The number of fused-ring (bicyclic) bond motifs is 4. The van der Waals surface area contributed by atoms with Crippen LogP contribution in [0, 0.1) is 0 Å². The molecule has 15 heteroatoms. The van der Waals surface area contributed by atoms with Crippen LogP contribution in [-0.2, 0) is 31.2 Å². The van der Waals surface area contributed by atoms with E-state index in [1.165, 1.54) is 25.1 Å². The highest BCUT2D eigenvalue weighted by atomic mass is 32.2. The van der Waals surface area contributed by atoms with E-state index in [4.69, 9.17) is 0 Å². The number of carbonyl (C=O) groups is 2. The van der Waals surface area contributed by atoms with Crippen molar-refractivity contribution in [3.05, 3.63) is 84.1 Å². The Morgan fingerprint density at radius 3 is 2.40 bits per heavy atom. The smallest absolute Gasteiger partial charge is 0.369 e. The van der Waals surface area contributed by atoms with E-state index < -0.39 is 27.2 Å². The minimum absolute atomic E-state index is 0.0371. The summed E-state index contributed by atoms with van der Waals surface area (Å²) in [4.78, 5) is 33.9. The van der Waals surface area contributed by atoms with Gasteiger partial charge in [-0.15, -0.1) is 0 Å². The van der Waals surface area contributed by atoms with Gasteiger partial charge in [0.15, 0.2) is 0 Å². The molecule has 1 saturated carbocycles. The highest BCUT2D eigenvalue weighted by Crippen LogP contribution is 2.50. The average molecular weight is 666 g/mol. The van der Waals surface area contributed by atoms with Gasteiger partial charge in [0.2, 0.25) is 27.8 Å². The van der Waals surface area contributed by atoms with Gasteiger partial charge in [-0.1, -0.05) is 30.3 Å². The zero-order valence-electron chi connectivity index (χ0n) is 25.0. The molecule has 4 bridgehead atoms. The molecule has 1 aromatic heterocycles. The van der Waals surface area contributed by atoms with Crippen LogP contribution in [0.25, 0.3) is 11.1 Å². The van der Waals surface area contributed by atoms with E-state index in [2.05, 4.69) is 36.0 Å². The normalized spacial score (nSPS) is 16.6. The van der Waals surface area contributed by atoms with Crippen molar-refractivity contribution in [1.82, 2.24) is 14.7 Å². The third kappa shape index (κ3) is 7.05. The fourth-order valence-corrected chi connectivity index (χ4v) is 6.50. The van der Waals surface area contributed by atoms with Gasteiger partial charge in [-0.3, -0.25) is 9.59 Å². The van der Waals surface area contributed by atoms with Gasteiger partial charge in [0.25, 0.3) is 0 Å². The third-order valence-corrected chi connectivity index (χ3v) is 9.34. The van der Waals surface area contributed by atoms with Crippen LogP contribution in [0.4, 0.5) is 42.0 Å². The van der Waals surface area contributed by atoms with Crippen molar-refractivity contribution in [3.8, 4) is 11.1 Å². The Morgan fingerprint density at radius 2 is 1.70 bits per heavy atom. The number of alkyl halides is 3. The van der Waals surface area contributed by atoms with Gasteiger partial charge in [0.05, 0.1) is 15.9 Å². The van der Waals surface area contributed by atoms with Crippen LogP contribution in [0.1, 0.15) is 37.3 Å². The molecule has 1 aliphatic heterocycles. The summed E-state index contributed by atoms with van der Waals surface area (Å²) < 4.78 is 68.3. The Kier molecular flexibility index (Phi) is 8.36. The number of nitrogens with zero attached hydrogens (tertiary/aromatic N) is 2. The van der Waals surface area contributed by atoms with E-state index >= 15 is 0 Å². The molecule has 11 nitrogen and oxygen atoms in total. The minimum Gasteiger partial charge on any atom is -0.369 e. The lowest BCUT2D eigenvalue weighted by Crippen LogP contribution is -2.28. The first-order valence-corrected chi connectivity index (χ1v) is 16.2. The van der Waals surface area contributed by atoms with Crippen molar-refractivity contribution in [2.75, 3.05) is 34.4 Å². The molecule has 1 aliphatic carbocycles. The van der Waals surface area contributed by atoms with Gasteiger partial charge in [0, 0.05) is 48.8 Å². The van der Waals surface area contributed by atoms with Crippen LogP contribution in [0.3, 0.4) is 0 Å². The lowest BCUT2D eigenvalue weighted by Gasteiger charge is -2.18. The Hall–Kier alpha value is -5.02. The van der Waals surface area contributed by atoms with Crippen LogP contribution in [0.5, 0.6) is 0 Å². The molecule has 2 heterocycles. The fraction of sp³-hybridized carbons (Fsp3) is 0.250. The Balaban J connectivity index is 1.23. The zero-order valence-corrected chi connectivity index (χ0v) is 25.8. The molecule has 5 N–H and O–H groups in total. The van der Waals surface area contributed by atoms with E-state index in [-0.39, 0.29) is 34.9 Å². The van der Waals surface area contributed by atoms with Crippen molar-refractivity contribution in [2.45, 2.75) is 42.7 Å². The molecule has 244 valence electrons. The van der Waals surface area contributed by atoms with Gasteiger partial charge in [-0.05, 0) is 66.8 Å². The number of anilines is 5. The van der Waals surface area contributed by atoms with E-state index in [1.807, 2.05) is 0 Å². The Morgan fingerprint density at radius 1 is 0.936 bits per heavy atom. The standard InChI is InChI=1S/C32H30F3N7O4S/c1-19(43)39-24-15-25-17-26(16-24)47(45,46)38-13-3-12-36-28-27(18-37-30(41-25)42-28)20-6-8-23(9-7-20)40-29(44)31(10-11-31)21-4-2-5-22(14-21)32(33,34)35/h2,4-9,14-18,38H,3,10-13H2,1H3,(H,39,43)(H,40,44)(H2,36,37,41,42). The summed E-state index contributed by atoms with van der Waals surface area (Å²) in [6, 6.07) is 16.2. The van der Waals surface area contributed by atoms with Crippen LogP contribution in [0.2, 0.25) is 0 Å². The zero-order chi connectivity index (χ0) is 33.4. The summed E-state index contributed by atoms with van der Waals surface area (Å²) in [7, 11) is -3.87. The second-order valence-corrected chi connectivity index (χ2v) is 13.1. The highest BCUT2D eigenvalue weighted by molar-refractivity contribution is 7.89. The monoisotopic (exact) mass is 665 g/mol. The van der Waals surface area contributed by atoms with Gasteiger partial charge in [-0.25, -0.2) is 18.1 Å². The van der Waals surface area contributed by atoms with Crippen LogP contribution in [-0.4, -0.2) is 43.3 Å². The van der Waals surface area contributed by atoms with Crippen molar-refractivity contribution < 1.29 is 31.2 Å². The number of carbonyl (C=O) groups excluding carboxylic acids is 2. The number of sulfonamides is 1. The first-order valence-electron chi connectivity index (χ1n) is 14.7. The first-order chi connectivity index (χ1) is 22.3. The molecule has 6 rings (SSSR count). The second kappa shape index (κ2) is 12.3. The van der Waals surface area contributed by atoms with Crippen LogP contribution < -0.4 is 26.0 Å². The van der Waals surface area contributed by atoms with Crippen LogP contribution >= 0.6 is 0 Å². The summed E-state index contributed by atoms with van der Waals surface area (Å²) in [5.41, 5.74) is 0.996. The van der Waals surface area contributed by atoms with Crippen molar-refractivity contribution in [3.63, 3.8) is 0 Å². The number of hydrogen-bond donors (Lipinski definition) is 5. The molecule has 47 heavy (non-hydrogen) atoms. The summed E-state index contributed by atoms with van der Waals surface area (Å²) >= 11 is 0. The number of rotatable bonds is 5. The molecular formula is C32H30F3N7O4S.